The average Bonchev–Trinajstić information content (AvgIpc) is 2.99. The molecule has 148 valence electrons. The molecule has 1 amide bonds. The largest absolute Gasteiger partial charge is 0.414 e. The normalized spacial score (nSPS) is 15.6. The van der Waals surface area contributed by atoms with E-state index in [2.05, 4.69) is 10.3 Å². The highest BCUT2D eigenvalue weighted by Gasteiger charge is 2.37. The van der Waals surface area contributed by atoms with Crippen molar-refractivity contribution >= 4 is 27.5 Å². The number of hydrogen-bond donors (Lipinski definition) is 2. The number of fused-ring (bicyclic) bond motifs is 3. The number of nitrogens with one attached hydrogen (secondary N) is 1. The Morgan fingerprint density at radius 3 is 2.85 bits per heavy atom. The van der Waals surface area contributed by atoms with Crippen LogP contribution in [0, 0.1) is 0 Å². The molecule has 0 spiro atoms. The summed E-state index contributed by atoms with van der Waals surface area (Å²) in [7, 11) is 0. The zero-order valence-corrected chi connectivity index (χ0v) is 15.3. The van der Waals surface area contributed by atoms with Crippen LogP contribution >= 0.6 is 11.3 Å². The van der Waals surface area contributed by atoms with Gasteiger partial charge >= 0.3 is 6.18 Å². The molecule has 2 heterocycles. The van der Waals surface area contributed by atoms with Gasteiger partial charge in [-0.15, -0.1) is 11.3 Å². The monoisotopic (exact) mass is 403 g/mol. The first-order valence-corrected chi connectivity index (χ1v) is 9.60. The van der Waals surface area contributed by atoms with Crippen LogP contribution in [-0.2, 0) is 24.2 Å². The summed E-state index contributed by atoms with van der Waals surface area (Å²) < 4.78 is 38.0. The van der Waals surface area contributed by atoms with Crippen molar-refractivity contribution in [1.82, 2.24) is 14.9 Å². The molecule has 0 aromatic carbocycles. The molecule has 2 aromatic rings. The fourth-order valence-corrected chi connectivity index (χ4v) is 4.38. The van der Waals surface area contributed by atoms with Crippen molar-refractivity contribution in [2.45, 2.75) is 57.3 Å². The molecule has 1 atom stereocenters. The Hall–Kier alpha value is -1.94. The first kappa shape index (κ1) is 19.8. The number of rotatable bonds is 6. The number of halogens is 3. The predicted molar refractivity (Wildman–Crippen MR) is 94.8 cm³/mol. The minimum Gasteiger partial charge on any atom is -0.384 e. The zero-order valence-electron chi connectivity index (χ0n) is 14.5. The van der Waals surface area contributed by atoms with Crippen LogP contribution in [0.2, 0.25) is 0 Å². The predicted octanol–water partition coefficient (Wildman–Crippen LogP) is 2.16. The van der Waals surface area contributed by atoms with E-state index in [0.29, 0.717) is 10.2 Å². The molecule has 0 bridgehead atoms. The molecular weight excluding hydrogens is 383 g/mol. The van der Waals surface area contributed by atoms with Gasteiger partial charge < -0.3 is 10.4 Å². The summed E-state index contributed by atoms with van der Waals surface area (Å²) in [6, 6.07) is 0. The number of hydrogen-bond acceptors (Lipinski definition) is 5. The van der Waals surface area contributed by atoms with E-state index in [1.165, 1.54) is 15.8 Å². The average molecular weight is 403 g/mol. The Bertz CT molecular complexity index is 891. The van der Waals surface area contributed by atoms with Gasteiger partial charge in [-0.1, -0.05) is 0 Å². The van der Waals surface area contributed by atoms with E-state index in [4.69, 9.17) is 5.11 Å². The van der Waals surface area contributed by atoms with Crippen LogP contribution in [0.5, 0.6) is 0 Å². The third kappa shape index (κ3) is 4.49. The molecule has 3 rings (SSSR count). The highest BCUT2D eigenvalue weighted by molar-refractivity contribution is 7.18. The second-order valence-corrected chi connectivity index (χ2v) is 7.66. The zero-order chi connectivity index (χ0) is 19.6. The standard InChI is InChI=1S/C17H20F3N3O3S/c18-17(19,20)12(24)5-7-21-13(25)6-8-23-9-22-15-14(16(23)26)10-3-1-2-4-11(10)27-15/h9,12,24H,1-8H2,(H,21,25)/t12-/m0/s1. The summed E-state index contributed by atoms with van der Waals surface area (Å²) in [5.74, 6) is -0.483. The Morgan fingerprint density at radius 1 is 1.37 bits per heavy atom. The Labute approximate surface area is 157 Å². The summed E-state index contributed by atoms with van der Waals surface area (Å²) in [6.45, 7) is -0.191. The number of alkyl halides is 3. The van der Waals surface area contributed by atoms with Crippen molar-refractivity contribution in [1.29, 1.82) is 0 Å². The Balaban J connectivity index is 1.60. The first-order valence-electron chi connectivity index (χ1n) is 8.78. The highest BCUT2D eigenvalue weighted by atomic mass is 32.1. The SMILES string of the molecule is O=C(CCn1cnc2sc3c(c2c1=O)CCCC3)NCC[C@H](O)C(F)(F)F. The number of aliphatic hydroxyl groups is 1. The summed E-state index contributed by atoms with van der Waals surface area (Å²) in [5.41, 5.74) is 0.887. The van der Waals surface area contributed by atoms with Crippen molar-refractivity contribution < 1.29 is 23.1 Å². The van der Waals surface area contributed by atoms with Gasteiger partial charge in [-0.3, -0.25) is 14.2 Å². The lowest BCUT2D eigenvalue weighted by atomic mass is 9.97. The molecule has 0 saturated carbocycles. The molecule has 2 aromatic heterocycles. The number of nitrogens with zero attached hydrogens (tertiary/aromatic N) is 2. The molecule has 10 heteroatoms. The number of aromatic nitrogens is 2. The number of thiophene rings is 1. The lowest BCUT2D eigenvalue weighted by molar-refractivity contribution is -0.205. The molecule has 0 radical (unpaired) electrons. The molecule has 27 heavy (non-hydrogen) atoms. The molecule has 6 nitrogen and oxygen atoms in total. The van der Waals surface area contributed by atoms with Gasteiger partial charge in [-0.05, 0) is 37.7 Å². The fourth-order valence-electron chi connectivity index (χ4n) is 3.16. The van der Waals surface area contributed by atoms with Crippen LogP contribution in [-0.4, -0.2) is 39.4 Å². The maximum atomic E-state index is 12.7. The second-order valence-electron chi connectivity index (χ2n) is 6.58. The topological polar surface area (TPSA) is 84.2 Å². The summed E-state index contributed by atoms with van der Waals surface area (Å²) in [4.78, 5) is 30.8. The minimum absolute atomic E-state index is 0.0540. The van der Waals surface area contributed by atoms with Gasteiger partial charge in [-0.2, -0.15) is 13.2 Å². The third-order valence-corrected chi connectivity index (χ3v) is 5.84. The van der Waals surface area contributed by atoms with Gasteiger partial charge in [0, 0.05) is 24.4 Å². The van der Waals surface area contributed by atoms with E-state index < -0.39 is 24.6 Å². The lowest BCUT2D eigenvalue weighted by Crippen LogP contribution is -2.34. The summed E-state index contributed by atoms with van der Waals surface area (Å²) >= 11 is 1.54. The van der Waals surface area contributed by atoms with Gasteiger partial charge in [0.1, 0.15) is 4.83 Å². The maximum absolute atomic E-state index is 12.7. The van der Waals surface area contributed by atoms with E-state index in [1.807, 2.05) is 0 Å². The van der Waals surface area contributed by atoms with Crippen molar-refractivity contribution in [2.75, 3.05) is 6.54 Å². The molecule has 1 aliphatic carbocycles. The van der Waals surface area contributed by atoms with Crippen molar-refractivity contribution in [2.24, 2.45) is 0 Å². The molecule has 0 fully saturated rings. The summed E-state index contributed by atoms with van der Waals surface area (Å²) in [6.07, 6.45) is -2.44. The minimum atomic E-state index is -4.70. The van der Waals surface area contributed by atoms with Crippen LogP contribution < -0.4 is 10.9 Å². The van der Waals surface area contributed by atoms with Crippen LogP contribution in [0.25, 0.3) is 10.2 Å². The van der Waals surface area contributed by atoms with Gasteiger partial charge in [0.15, 0.2) is 6.10 Å². The van der Waals surface area contributed by atoms with Gasteiger partial charge in [-0.25, -0.2) is 4.98 Å². The quantitative estimate of drug-likeness (QED) is 0.774. The van der Waals surface area contributed by atoms with E-state index in [9.17, 15) is 22.8 Å². The second kappa shape index (κ2) is 7.97. The molecular formula is C17H20F3N3O3S. The van der Waals surface area contributed by atoms with Crippen LogP contribution in [0.1, 0.15) is 36.1 Å². The molecule has 1 aliphatic rings. The number of carbonyl (C=O) groups excluding carboxylic acids is 1. The van der Waals surface area contributed by atoms with Gasteiger partial charge in [0.05, 0.1) is 11.7 Å². The smallest absolute Gasteiger partial charge is 0.384 e. The molecule has 2 N–H and O–H groups in total. The maximum Gasteiger partial charge on any atom is 0.414 e. The van der Waals surface area contributed by atoms with Crippen LogP contribution in [0.15, 0.2) is 11.1 Å². The highest BCUT2D eigenvalue weighted by Crippen LogP contribution is 2.33. The third-order valence-electron chi connectivity index (χ3n) is 4.64. The number of aryl methyl sites for hydroxylation is 3. The number of carbonyl (C=O) groups is 1. The van der Waals surface area contributed by atoms with E-state index in [-0.39, 0.29) is 25.1 Å². The van der Waals surface area contributed by atoms with Gasteiger partial charge in [0.2, 0.25) is 5.91 Å². The lowest BCUT2D eigenvalue weighted by Gasteiger charge is -2.14. The van der Waals surface area contributed by atoms with Crippen molar-refractivity contribution in [3.05, 3.63) is 27.1 Å². The Kier molecular flexibility index (Phi) is 5.85. The molecule has 0 aliphatic heterocycles. The number of amides is 1. The fraction of sp³-hybridized carbons (Fsp3) is 0.588. The molecule has 0 unspecified atom stereocenters. The van der Waals surface area contributed by atoms with E-state index >= 15 is 0 Å². The van der Waals surface area contributed by atoms with Crippen molar-refractivity contribution in [3.8, 4) is 0 Å². The van der Waals surface area contributed by atoms with Gasteiger partial charge in [0.25, 0.3) is 5.56 Å². The first-order chi connectivity index (χ1) is 12.8. The number of aliphatic hydroxyl groups excluding tert-OH is 1. The van der Waals surface area contributed by atoms with Crippen molar-refractivity contribution in [3.63, 3.8) is 0 Å². The Morgan fingerprint density at radius 2 is 2.11 bits per heavy atom. The molecule has 0 saturated heterocycles. The van der Waals surface area contributed by atoms with Crippen LogP contribution in [0.4, 0.5) is 13.2 Å². The van der Waals surface area contributed by atoms with E-state index in [1.54, 1.807) is 11.3 Å². The summed E-state index contributed by atoms with van der Waals surface area (Å²) in [5, 5.41) is 11.8. The van der Waals surface area contributed by atoms with Crippen LogP contribution in [0.3, 0.4) is 0 Å². The van der Waals surface area contributed by atoms with E-state index in [0.717, 1.165) is 31.2 Å².